The Morgan fingerprint density at radius 3 is 2.63 bits per heavy atom. The maximum Gasteiger partial charge on any atom is 0.259 e. The Bertz CT molecular complexity index is 831. The lowest BCUT2D eigenvalue weighted by Gasteiger charge is -2.20. The molecule has 2 aliphatic carbocycles. The summed E-state index contributed by atoms with van der Waals surface area (Å²) >= 11 is 1.59. The molecule has 0 bridgehead atoms. The summed E-state index contributed by atoms with van der Waals surface area (Å²) in [6.45, 7) is 0. The van der Waals surface area contributed by atoms with Crippen molar-refractivity contribution >= 4 is 34.0 Å². The van der Waals surface area contributed by atoms with Gasteiger partial charge in [0.25, 0.3) is 5.91 Å². The van der Waals surface area contributed by atoms with Crippen LogP contribution in [0, 0.1) is 5.92 Å². The molecule has 2 aliphatic rings. The monoisotopic (exact) mass is 383 g/mol. The minimum atomic E-state index is -0.206. The number of para-hydroxylation sites is 1. The molecule has 1 N–H and O–H groups in total. The van der Waals surface area contributed by atoms with Crippen molar-refractivity contribution < 1.29 is 9.59 Å². The number of thiazole rings is 1. The molecule has 0 atom stereocenters. The molecule has 1 aromatic carbocycles. The minimum Gasteiger partial charge on any atom is -0.314 e. The number of hydrogen-bond acceptors (Lipinski definition) is 4. The van der Waals surface area contributed by atoms with Gasteiger partial charge in [-0.1, -0.05) is 25.0 Å². The number of anilines is 2. The number of rotatable bonds is 4. The Hall–Kier alpha value is -2.21. The van der Waals surface area contributed by atoms with E-state index in [4.69, 9.17) is 0 Å². The van der Waals surface area contributed by atoms with Crippen LogP contribution in [0.25, 0.3) is 0 Å². The second kappa shape index (κ2) is 7.80. The Balaban J connectivity index is 1.53. The van der Waals surface area contributed by atoms with Crippen molar-refractivity contribution in [3.8, 4) is 0 Å². The van der Waals surface area contributed by atoms with Gasteiger partial charge in [0.15, 0.2) is 5.13 Å². The predicted molar refractivity (Wildman–Crippen MR) is 109 cm³/mol. The molecule has 1 aromatic heterocycles. The van der Waals surface area contributed by atoms with Crippen molar-refractivity contribution in [2.24, 2.45) is 5.92 Å². The summed E-state index contributed by atoms with van der Waals surface area (Å²) in [6.07, 6.45) is 8.83. The highest BCUT2D eigenvalue weighted by Crippen LogP contribution is 2.33. The molecule has 2 aromatic rings. The molecule has 2 amide bonds. The average Bonchev–Trinajstić information content (AvgIpc) is 3.45. The van der Waals surface area contributed by atoms with Gasteiger partial charge in [-0.05, 0) is 50.7 Å². The number of carbonyl (C=O) groups is 2. The first-order chi connectivity index (χ1) is 13.1. The standard InChI is InChI=1S/C21H25N3O2S/c1-24(20(26)14-12-13-14)17-10-7-6-8-15(17)19(25)23-21-22-16-9-4-2-3-5-11-18(16)27-21/h6-8,10,14H,2-5,9,11-13H2,1H3,(H,22,23,25). The van der Waals surface area contributed by atoms with Crippen LogP contribution in [-0.2, 0) is 17.6 Å². The highest BCUT2D eigenvalue weighted by molar-refractivity contribution is 7.15. The number of hydrogen-bond donors (Lipinski definition) is 1. The maximum absolute atomic E-state index is 12.9. The van der Waals surface area contributed by atoms with E-state index in [9.17, 15) is 9.59 Å². The molecule has 5 nitrogen and oxygen atoms in total. The van der Waals surface area contributed by atoms with E-state index in [1.165, 1.54) is 30.6 Å². The average molecular weight is 384 g/mol. The molecule has 0 spiro atoms. The van der Waals surface area contributed by atoms with Crippen molar-refractivity contribution in [1.82, 2.24) is 4.98 Å². The summed E-state index contributed by atoms with van der Waals surface area (Å²) in [5, 5.41) is 3.63. The zero-order valence-corrected chi connectivity index (χ0v) is 16.5. The third-order valence-corrected chi connectivity index (χ3v) is 6.41. The lowest BCUT2D eigenvalue weighted by Crippen LogP contribution is -2.29. The van der Waals surface area contributed by atoms with E-state index in [1.807, 2.05) is 18.2 Å². The number of aromatic nitrogens is 1. The Morgan fingerprint density at radius 1 is 1.11 bits per heavy atom. The fourth-order valence-electron chi connectivity index (χ4n) is 3.60. The van der Waals surface area contributed by atoms with Crippen LogP contribution in [0.15, 0.2) is 24.3 Å². The SMILES string of the molecule is CN(C(=O)C1CC1)c1ccccc1C(=O)Nc1nc2c(s1)CCCCCC2. The highest BCUT2D eigenvalue weighted by atomic mass is 32.1. The third kappa shape index (κ3) is 4.05. The molecular weight excluding hydrogens is 358 g/mol. The number of fused-ring (bicyclic) bond motifs is 1. The Kier molecular flexibility index (Phi) is 5.25. The lowest BCUT2D eigenvalue weighted by atomic mass is 10.0. The normalized spacial score (nSPS) is 16.8. The summed E-state index contributed by atoms with van der Waals surface area (Å²) in [5.74, 6) is -0.0000869. The van der Waals surface area contributed by atoms with Crippen molar-refractivity contribution in [2.75, 3.05) is 17.3 Å². The number of aryl methyl sites for hydroxylation is 2. The molecule has 1 heterocycles. The van der Waals surface area contributed by atoms with Crippen LogP contribution in [0.1, 0.15) is 59.5 Å². The van der Waals surface area contributed by atoms with Gasteiger partial charge >= 0.3 is 0 Å². The quantitative estimate of drug-likeness (QED) is 0.850. The van der Waals surface area contributed by atoms with E-state index < -0.39 is 0 Å². The first kappa shape index (κ1) is 18.2. The molecule has 27 heavy (non-hydrogen) atoms. The van der Waals surface area contributed by atoms with E-state index in [2.05, 4.69) is 10.3 Å². The largest absolute Gasteiger partial charge is 0.314 e. The summed E-state index contributed by atoms with van der Waals surface area (Å²) < 4.78 is 0. The van der Waals surface area contributed by atoms with E-state index in [1.54, 1.807) is 29.4 Å². The number of carbonyl (C=O) groups excluding carboxylic acids is 2. The van der Waals surface area contributed by atoms with Gasteiger partial charge in [0.1, 0.15) is 0 Å². The topological polar surface area (TPSA) is 62.3 Å². The Labute approximate surface area is 163 Å². The highest BCUT2D eigenvalue weighted by Gasteiger charge is 2.33. The van der Waals surface area contributed by atoms with Crippen molar-refractivity contribution in [3.05, 3.63) is 40.4 Å². The van der Waals surface area contributed by atoms with E-state index in [0.717, 1.165) is 31.4 Å². The van der Waals surface area contributed by atoms with Crippen LogP contribution in [0.5, 0.6) is 0 Å². The van der Waals surface area contributed by atoms with E-state index in [-0.39, 0.29) is 17.7 Å². The third-order valence-electron chi connectivity index (χ3n) is 5.33. The minimum absolute atomic E-state index is 0.0902. The molecule has 0 aliphatic heterocycles. The van der Waals surface area contributed by atoms with Gasteiger partial charge in [0.05, 0.1) is 16.9 Å². The van der Waals surface area contributed by atoms with Crippen LogP contribution in [-0.4, -0.2) is 23.8 Å². The lowest BCUT2D eigenvalue weighted by molar-refractivity contribution is -0.119. The van der Waals surface area contributed by atoms with Crippen LogP contribution in [0.4, 0.5) is 10.8 Å². The molecule has 6 heteroatoms. The second-order valence-corrected chi connectivity index (χ2v) is 8.53. The van der Waals surface area contributed by atoms with Gasteiger partial charge in [0.2, 0.25) is 5.91 Å². The summed E-state index contributed by atoms with van der Waals surface area (Å²) in [4.78, 5) is 32.9. The zero-order chi connectivity index (χ0) is 18.8. The van der Waals surface area contributed by atoms with Gasteiger partial charge in [-0.15, -0.1) is 11.3 Å². The van der Waals surface area contributed by atoms with Gasteiger partial charge in [-0.25, -0.2) is 4.98 Å². The molecule has 1 fully saturated rings. The van der Waals surface area contributed by atoms with Crippen molar-refractivity contribution in [3.63, 3.8) is 0 Å². The maximum atomic E-state index is 12.9. The molecule has 0 saturated heterocycles. The first-order valence-electron chi connectivity index (χ1n) is 9.80. The molecule has 4 rings (SSSR count). The molecule has 1 saturated carbocycles. The van der Waals surface area contributed by atoms with Gasteiger partial charge in [-0.3, -0.25) is 14.9 Å². The van der Waals surface area contributed by atoms with Gasteiger partial charge < -0.3 is 4.90 Å². The van der Waals surface area contributed by atoms with Gasteiger partial charge in [0, 0.05) is 17.8 Å². The zero-order valence-electron chi connectivity index (χ0n) is 15.7. The number of nitrogens with one attached hydrogen (secondary N) is 1. The molecule has 0 unspecified atom stereocenters. The fourth-order valence-corrected chi connectivity index (χ4v) is 4.65. The number of amides is 2. The van der Waals surface area contributed by atoms with E-state index in [0.29, 0.717) is 16.4 Å². The van der Waals surface area contributed by atoms with Crippen LogP contribution in [0.2, 0.25) is 0 Å². The first-order valence-corrected chi connectivity index (χ1v) is 10.6. The predicted octanol–water partition coefficient (Wildman–Crippen LogP) is 4.43. The number of benzene rings is 1. The van der Waals surface area contributed by atoms with Crippen molar-refractivity contribution in [2.45, 2.75) is 51.4 Å². The fraction of sp³-hybridized carbons (Fsp3) is 0.476. The van der Waals surface area contributed by atoms with Gasteiger partial charge in [-0.2, -0.15) is 0 Å². The molecule has 0 radical (unpaired) electrons. The molecule has 142 valence electrons. The smallest absolute Gasteiger partial charge is 0.259 e. The van der Waals surface area contributed by atoms with Crippen LogP contribution < -0.4 is 10.2 Å². The molecular formula is C21H25N3O2S. The second-order valence-electron chi connectivity index (χ2n) is 7.45. The van der Waals surface area contributed by atoms with Crippen LogP contribution >= 0.6 is 11.3 Å². The summed E-state index contributed by atoms with van der Waals surface area (Å²) in [7, 11) is 1.75. The summed E-state index contributed by atoms with van der Waals surface area (Å²) in [5.41, 5.74) is 2.31. The Morgan fingerprint density at radius 2 is 1.85 bits per heavy atom. The van der Waals surface area contributed by atoms with Crippen molar-refractivity contribution in [1.29, 1.82) is 0 Å². The van der Waals surface area contributed by atoms with Crippen LogP contribution in [0.3, 0.4) is 0 Å². The van der Waals surface area contributed by atoms with E-state index >= 15 is 0 Å². The summed E-state index contributed by atoms with van der Waals surface area (Å²) in [6, 6.07) is 7.29. The number of nitrogens with zero attached hydrogens (tertiary/aromatic N) is 2.